The Hall–Kier alpha value is -0.570. The number of fused-ring (bicyclic) bond motifs is 5. The highest BCUT2D eigenvalue weighted by Gasteiger charge is 2.59. The number of hydrogen-bond donors (Lipinski definition) is 2. The molecule has 0 heterocycles. The molecule has 4 aliphatic rings. The molecule has 0 radical (unpaired) electrons. The van der Waals surface area contributed by atoms with E-state index in [0.29, 0.717) is 29.1 Å². The van der Waals surface area contributed by atoms with E-state index >= 15 is 0 Å². The van der Waals surface area contributed by atoms with Crippen molar-refractivity contribution in [2.45, 2.75) is 104 Å². The second-order valence-corrected chi connectivity index (χ2v) is 11.6. The van der Waals surface area contributed by atoms with E-state index < -0.39 is 5.97 Å². The van der Waals surface area contributed by atoms with Crippen molar-refractivity contribution in [1.82, 2.24) is 0 Å². The quantitative estimate of drug-likeness (QED) is 0.628. The highest BCUT2D eigenvalue weighted by Crippen LogP contribution is 2.67. The van der Waals surface area contributed by atoms with Crippen LogP contribution >= 0.6 is 0 Å². The van der Waals surface area contributed by atoms with Gasteiger partial charge in [-0.1, -0.05) is 27.2 Å². The number of carboxylic acids is 1. The number of carboxylic acid groups (broad SMARTS) is 1. The zero-order valence-electron chi connectivity index (χ0n) is 18.3. The van der Waals surface area contributed by atoms with E-state index in [0.717, 1.165) is 42.9 Å². The van der Waals surface area contributed by atoms with Crippen LogP contribution in [0, 0.1) is 46.3 Å². The number of aliphatic hydroxyl groups is 1. The minimum atomic E-state index is -0.641. The van der Waals surface area contributed by atoms with Gasteiger partial charge in [0.15, 0.2) is 0 Å². The molecule has 28 heavy (non-hydrogen) atoms. The lowest BCUT2D eigenvalue weighted by molar-refractivity contribution is -0.137. The fraction of sp³-hybridized carbons (Fsp3) is 0.960. The standard InChI is InChI=1S/C25H42O3/c1-16(7-10-23(27)28)20-8-9-21-19-6-4-5-17-15-18(26)11-13-24(17,2)22(19)12-14-25(20,21)3/h16-22,26H,4-15H2,1-3H3,(H,27,28)/t16-,17-,18-,19+,20?,21+,22?,24+,25-/m1/s1. The summed E-state index contributed by atoms with van der Waals surface area (Å²) in [5.74, 6) is 3.87. The van der Waals surface area contributed by atoms with Gasteiger partial charge < -0.3 is 10.2 Å². The number of aliphatic hydroxyl groups excluding tert-OH is 1. The molecule has 4 aliphatic carbocycles. The molecule has 0 aromatic heterocycles. The lowest BCUT2D eigenvalue weighted by atomic mass is 9.49. The molecular formula is C25H42O3. The average Bonchev–Trinajstić information content (AvgIpc) is 2.92. The summed E-state index contributed by atoms with van der Waals surface area (Å²) in [6.07, 6.45) is 13.8. The Morgan fingerprint density at radius 1 is 1.00 bits per heavy atom. The van der Waals surface area contributed by atoms with Crippen LogP contribution in [0.15, 0.2) is 0 Å². The van der Waals surface area contributed by atoms with Gasteiger partial charge in [-0.05, 0) is 111 Å². The van der Waals surface area contributed by atoms with Gasteiger partial charge in [0.2, 0.25) is 0 Å². The lowest BCUT2D eigenvalue weighted by Gasteiger charge is -2.56. The van der Waals surface area contributed by atoms with Crippen LogP contribution in [-0.4, -0.2) is 22.3 Å². The van der Waals surface area contributed by atoms with E-state index in [-0.39, 0.29) is 6.10 Å². The second kappa shape index (κ2) is 7.60. The van der Waals surface area contributed by atoms with Gasteiger partial charge in [0.05, 0.1) is 6.10 Å². The SMILES string of the molecule is C[C@H](CCC(=O)O)C1CC[C@H]2[C@@H]3CCC[C@@H]4C[C@H](O)CC[C@]4(C)C3CC[C@]12C. The van der Waals surface area contributed by atoms with Crippen LogP contribution in [-0.2, 0) is 4.79 Å². The molecule has 0 aliphatic heterocycles. The van der Waals surface area contributed by atoms with E-state index in [4.69, 9.17) is 5.11 Å². The van der Waals surface area contributed by atoms with E-state index in [2.05, 4.69) is 20.8 Å². The molecule has 0 aromatic rings. The van der Waals surface area contributed by atoms with Gasteiger partial charge >= 0.3 is 5.97 Å². The molecule has 9 atom stereocenters. The molecule has 2 N–H and O–H groups in total. The minimum absolute atomic E-state index is 0.0607. The Bertz CT molecular complexity index is 588. The van der Waals surface area contributed by atoms with Gasteiger partial charge in [0.1, 0.15) is 0 Å². The Morgan fingerprint density at radius 2 is 1.71 bits per heavy atom. The third-order valence-electron chi connectivity index (χ3n) is 10.5. The van der Waals surface area contributed by atoms with Gasteiger partial charge in [-0.3, -0.25) is 4.79 Å². The summed E-state index contributed by atoms with van der Waals surface area (Å²) in [5, 5.41) is 19.4. The summed E-state index contributed by atoms with van der Waals surface area (Å²) in [6, 6.07) is 0. The number of aliphatic carboxylic acids is 1. The van der Waals surface area contributed by atoms with Crippen LogP contribution < -0.4 is 0 Å². The van der Waals surface area contributed by atoms with Gasteiger partial charge in [-0.2, -0.15) is 0 Å². The maximum Gasteiger partial charge on any atom is 0.303 e. The smallest absolute Gasteiger partial charge is 0.303 e. The molecule has 0 amide bonds. The van der Waals surface area contributed by atoms with Crippen molar-refractivity contribution >= 4 is 5.97 Å². The first-order valence-electron chi connectivity index (χ1n) is 12.2. The molecule has 0 saturated heterocycles. The van der Waals surface area contributed by atoms with Gasteiger partial charge in [0, 0.05) is 6.42 Å². The van der Waals surface area contributed by atoms with Crippen LogP contribution in [0.4, 0.5) is 0 Å². The highest BCUT2D eigenvalue weighted by molar-refractivity contribution is 5.66. The van der Waals surface area contributed by atoms with Crippen LogP contribution in [0.3, 0.4) is 0 Å². The normalized spacial score (nSPS) is 49.4. The fourth-order valence-electron chi connectivity index (χ4n) is 8.97. The molecule has 4 fully saturated rings. The van der Waals surface area contributed by atoms with Crippen molar-refractivity contribution in [2.75, 3.05) is 0 Å². The maximum absolute atomic E-state index is 11.1. The minimum Gasteiger partial charge on any atom is -0.481 e. The molecular weight excluding hydrogens is 348 g/mol. The summed E-state index contributed by atoms with van der Waals surface area (Å²) in [7, 11) is 0. The first-order chi connectivity index (χ1) is 13.3. The lowest BCUT2D eigenvalue weighted by Crippen LogP contribution is -2.50. The summed E-state index contributed by atoms with van der Waals surface area (Å²) < 4.78 is 0. The third-order valence-corrected chi connectivity index (χ3v) is 10.5. The van der Waals surface area contributed by atoms with Crippen molar-refractivity contribution < 1.29 is 15.0 Å². The number of hydrogen-bond acceptors (Lipinski definition) is 2. The number of rotatable bonds is 4. The van der Waals surface area contributed by atoms with Crippen LogP contribution in [0.2, 0.25) is 0 Å². The van der Waals surface area contributed by atoms with Gasteiger partial charge in [-0.25, -0.2) is 0 Å². The maximum atomic E-state index is 11.1. The van der Waals surface area contributed by atoms with Crippen molar-refractivity contribution in [3.8, 4) is 0 Å². The summed E-state index contributed by atoms with van der Waals surface area (Å²) >= 11 is 0. The molecule has 0 bridgehead atoms. The molecule has 3 nitrogen and oxygen atoms in total. The van der Waals surface area contributed by atoms with Crippen molar-refractivity contribution in [3.63, 3.8) is 0 Å². The third kappa shape index (κ3) is 3.34. The van der Waals surface area contributed by atoms with Crippen molar-refractivity contribution in [2.24, 2.45) is 46.3 Å². The first kappa shape index (κ1) is 20.7. The van der Waals surface area contributed by atoms with E-state index in [1.54, 1.807) is 0 Å². The van der Waals surface area contributed by atoms with Gasteiger partial charge in [-0.15, -0.1) is 0 Å². The average molecular weight is 391 g/mol. The molecule has 0 spiro atoms. The zero-order valence-corrected chi connectivity index (χ0v) is 18.3. The largest absolute Gasteiger partial charge is 0.481 e. The summed E-state index contributed by atoms with van der Waals surface area (Å²) in [4.78, 5) is 11.1. The zero-order chi connectivity index (χ0) is 20.1. The van der Waals surface area contributed by atoms with Crippen LogP contribution in [0.5, 0.6) is 0 Å². The molecule has 4 saturated carbocycles. The fourth-order valence-corrected chi connectivity index (χ4v) is 8.97. The van der Waals surface area contributed by atoms with Gasteiger partial charge in [0.25, 0.3) is 0 Å². The second-order valence-electron chi connectivity index (χ2n) is 11.6. The molecule has 0 aromatic carbocycles. The molecule has 3 heteroatoms. The first-order valence-corrected chi connectivity index (χ1v) is 12.2. The van der Waals surface area contributed by atoms with Crippen LogP contribution in [0.25, 0.3) is 0 Å². The monoisotopic (exact) mass is 390 g/mol. The predicted octanol–water partition coefficient (Wildman–Crippen LogP) is 5.90. The Morgan fingerprint density at radius 3 is 2.46 bits per heavy atom. The summed E-state index contributed by atoms with van der Waals surface area (Å²) in [6.45, 7) is 7.47. The highest BCUT2D eigenvalue weighted by atomic mass is 16.4. The van der Waals surface area contributed by atoms with Crippen LogP contribution in [0.1, 0.15) is 97.8 Å². The topological polar surface area (TPSA) is 57.5 Å². The van der Waals surface area contributed by atoms with E-state index in [9.17, 15) is 9.90 Å². The van der Waals surface area contributed by atoms with E-state index in [1.165, 1.54) is 51.4 Å². The molecule has 2 unspecified atom stereocenters. The Labute approximate surface area is 171 Å². The summed E-state index contributed by atoms with van der Waals surface area (Å²) in [5.41, 5.74) is 0.859. The van der Waals surface area contributed by atoms with Crippen molar-refractivity contribution in [3.05, 3.63) is 0 Å². The Kier molecular flexibility index (Phi) is 5.61. The molecule has 160 valence electrons. The Balaban J connectivity index is 1.54. The number of carbonyl (C=O) groups is 1. The predicted molar refractivity (Wildman–Crippen MR) is 112 cm³/mol. The molecule has 4 rings (SSSR count). The van der Waals surface area contributed by atoms with Crippen molar-refractivity contribution in [1.29, 1.82) is 0 Å². The van der Waals surface area contributed by atoms with E-state index in [1.807, 2.05) is 0 Å².